The molecule has 0 amide bonds. The summed E-state index contributed by atoms with van der Waals surface area (Å²) < 4.78 is 6.16. The summed E-state index contributed by atoms with van der Waals surface area (Å²) >= 11 is 3.49. The zero-order valence-electron chi connectivity index (χ0n) is 10.7. The van der Waals surface area contributed by atoms with Gasteiger partial charge in [-0.2, -0.15) is 5.10 Å². The Morgan fingerprint density at radius 2 is 2.22 bits per heavy atom. The number of methoxy groups -OCH3 is 1. The molecule has 0 radical (unpaired) electrons. The Morgan fingerprint density at radius 1 is 1.44 bits per heavy atom. The summed E-state index contributed by atoms with van der Waals surface area (Å²) in [5.41, 5.74) is 4.32. The van der Waals surface area contributed by atoms with E-state index in [-0.39, 0.29) is 0 Å². The van der Waals surface area contributed by atoms with Crippen LogP contribution in [0.1, 0.15) is 11.3 Å². The van der Waals surface area contributed by atoms with Gasteiger partial charge in [0.1, 0.15) is 5.75 Å². The maximum Gasteiger partial charge on any atom is 0.133 e. The van der Waals surface area contributed by atoms with Crippen LogP contribution in [-0.2, 0) is 6.54 Å². The minimum Gasteiger partial charge on any atom is -0.496 e. The van der Waals surface area contributed by atoms with Crippen LogP contribution in [0.25, 0.3) is 11.3 Å². The van der Waals surface area contributed by atoms with Crippen LogP contribution in [-0.4, -0.2) is 24.4 Å². The Hall–Kier alpha value is -1.33. The van der Waals surface area contributed by atoms with Crippen LogP contribution in [0.2, 0.25) is 0 Å². The van der Waals surface area contributed by atoms with Gasteiger partial charge in [-0.05, 0) is 53.7 Å². The number of rotatable bonds is 4. The Kier molecular flexibility index (Phi) is 4.04. The van der Waals surface area contributed by atoms with Crippen molar-refractivity contribution >= 4 is 15.9 Å². The number of halogens is 1. The van der Waals surface area contributed by atoms with Gasteiger partial charge in [-0.15, -0.1) is 0 Å². The smallest absolute Gasteiger partial charge is 0.133 e. The summed E-state index contributed by atoms with van der Waals surface area (Å²) in [6, 6.07) is 5.96. The number of hydrogen-bond donors (Lipinski definition) is 2. The molecule has 0 aliphatic carbocycles. The van der Waals surface area contributed by atoms with Crippen LogP contribution in [0, 0.1) is 6.92 Å². The quantitative estimate of drug-likeness (QED) is 0.913. The van der Waals surface area contributed by atoms with Gasteiger partial charge in [-0.25, -0.2) is 0 Å². The van der Waals surface area contributed by atoms with E-state index in [1.165, 1.54) is 5.56 Å². The van der Waals surface area contributed by atoms with Crippen molar-refractivity contribution in [1.29, 1.82) is 0 Å². The van der Waals surface area contributed by atoms with Crippen LogP contribution in [0.4, 0.5) is 0 Å². The van der Waals surface area contributed by atoms with Crippen molar-refractivity contribution in [2.75, 3.05) is 14.2 Å². The Bertz CT molecular complexity index is 551. The monoisotopic (exact) mass is 309 g/mol. The third-order valence-electron chi connectivity index (χ3n) is 2.89. The van der Waals surface area contributed by atoms with Gasteiger partial charge in [-0.3, -0.25) is 5.10 Å². The molecule has 2 rings (SSSR count). The second-order valence-electron chi connectivity index (χ2n) is 4.06. The lowest BCUT2D eigenvalue weighted by Gasteiger charge is -2.05. The number of nitrogens with zero attached hydrogens (tertiary/aromatic N) is 1. The lowest BCUT2D eigenvalue weighted by molar-refractivity contribution is 0.412. The zero-order valence-corrected chi connectivity index (χ0v) is 12.3. The van der Waals surface area contributed by atoms with E-state index in [0.717, 1.165) is 33.7 Å². The van der Waals surface area contributed by atoms with Crippen LogP contribution in [0.5, 0.6) is 5.75 Å². The largest absolute Gasteiger partial charge is 0.496 e. The van der Waals surface area contributed by atoms with E-state index in [1.807, 2.05) is 25.2 Å². The average molecular weight is 310 g/mol. The Labute approximate surface area is 115 Å². The average Bonchev–Trinajstić information content (AvgIpc) is 2.72. The summed E-state index contributed by atoms with van der Waals surface area (Å²) in [6.07, 6.45) is 0. The minimum absolute atomic E-state index is 0.788. The molecule has 0 fully saturated rings. The van der Waals surface area contributed by atoms with E-state index in [4.69, 9.17) is 4.74 Å². The summed E-state index contributed by atoms with van der Waals surface area (Å²) in [6.45, 7) is 2.86. The minimum atomic E-state index is 0.788. The van der Waals surface area contributed by atoms with Crippen LogP contribution < -0.4 is 10.1 Å². The number of aromatic nitrogens is 2. The Morgan fingerprint density at radius 3 is 2.83 bits per heavy atom. The molecular formula is C13H16BrN3O. The highest BCUT2D eigenvalue weighted by Crippen LogP contribution is 2.31. The molecule has 5 heteroatoms. The molecule has 1 heterocycles. The zero-order chi connectivity index (χ0) is 13.1. The van der Waals surface area contributed by atoms with Gasteiger partial charge >= 0.3 is 0 Å². The molecule has 2 N–H and O–H groups in total. The normalized spacial score (nSPS) is 10.7. The maximum absolute atomic E-state index is 5.22. The fourth-order valence-corrected chi connectivity index (χ4v) is 2.42. The van der Waals surface area contributed by atoms with Gasteiger partial charge < -0.3 is 10.1 Å². The molecule has 96 valence electrons. The van der Waals surface area contributed by atoms with Gasteiger partial charge in [0, 0.05) is 12.1 Å². The van der Waals surface area contributed by atoms with Crippen molar-refractivity contribution < 1.29 is 4.74 Å². The first-order chi connectivity index (χ1) is 8.67. The molecule has 1 aromatic heterocycles. The predicted octanol–water partition coefficient (Wildman–Crippen LogP) is 2.88. The van der Waals surface area contributed by atoms with Gasteiger partial charge in [0.2, 0.25) is 0 Å². The van der Waals surface area contributed by atoms with Gasteiger partial charge in [-0.1, -0.05) is 0 Å². The Balaban J connectivity index is 2.39. The molecule has 0 saturated heterocycles. The fraction of sp³-hybridized carbons (Fsp3) is 0.308. The summed E-state index contributed by atoms with van der Waals surface area (Å²) in [5, 5.41) is 10.6. The number of ether oxygens (including phenoxy) is 1. The van der Waals surface area contributed by atoms with Crippen molar-refractivity contribution in [2.24, 2.45) is 0 Å². The molecule has 0 atom stereocenters. The molecule has 18 heavy (non-hydrogen) atoms. The number of aromatic amines is 1. The summed E-state index contributed by atoms with van der Waals surface area (Å²) in [4.78, 5) is 0. The summed E-state index contributed by atoms with van der Waals surface area (Å²) in [7, 11) is 3.58. The molecular weight excluding hydrogens is 294 g/mol. The highest BCUT2D eigenvalue weighted by atomic mass is 79.9. The SMILES string of the molecule is CNCc1[nH]nc(-c2ccc(OC)c(Br)c2)c1C. The molecule has 0 saturated carbocycles. The highest BCUT2D eigenvalue weighted by Gasteiger charge is 2.11. The lowest BCUT2D eigenvalue weighted by Crippen LogP contribution is -2.06. The first-order valence-corrected chi connectivity index (χ1v) is 6.49. The first-order valence-electron chi connectivity index (χ1n) is 5.69. The third kappa shape index (κ3) is 2.42. The molecule has 0 unspecified atom stereocenters. The van der Waals surface area contributed by atoms with E-state index < -0.39 is 0 Å². The van der Waals surface area contributed by atoms with Crippen LogP contribution >= 0.6 is 15.9 Å². The fourth-order valence-electron chi connectivity index (χ4n) is 1.88. The van der Waals surface area contributed by atoms with Crippen LogP contribution in [0.3, 0.4) is 0 Å². The van der Waals surface area contributed by atoms with Gasteiger partial charge in [0.05, 0.1) is 23.0 Å². The third-order valence-corrected chi connectivity index (χ3v) is 3.51. The molecule has 2 aromatic rings. The van der Waals surface area contributed by atoms with Gasteiger partial charge in [0.25, 0.3) is 0 Å². The van der Waals surface area contributed by atoms with Crippen molar-refractivity contribution in [3.05, 3.63) is 33.9 Å². The number of hydrogen-bond acceptors (Lipinski definition) is 3. The van der Waals surface area contributed by atoms with E-state index >= 15 is 0 Å². The van der Waals surface area contributed by atoms with Crippen molar-refractivity contribution in [3.8, 4) is 17.0 Å². The standard InChI is InChI=1S/C13H16BrN3O/c1-8-11(7-15-2)16-17-13(8)9-4-5-12(18-3)10(14)6-9/h4-6,15H,7H2,1-3H3,(H,16,17). The molecule has 1 aromatic carbocycles. The number of benzene rings is 1. The van der Waals surface area contributed by atoms with Gasteiger partial charge in [0.15, 0.2) is 0 Å². The molecule has 0 bridgehead atoms. The maximum atomic E-state index is 5.22. The molecule has 0 aliphatic rings. The summed E-state index contributed by atoms with van der Waals surface area (Å²) in [5.74, 6) is 0.822. The number of nitrogens with one attached hydrogen (secondary N) is 2. The lowest BCUT2D eigenvalue weighted by atomic mass is 10.1. The second kappa shape index (κ2) is 5.54. The molecule has 0 spiro atoms. The molecule has 0 aliphatic heterocycles. The van der Waals surface area contributed by atoms with Crippen LogP contribution in [0.15, 0.2) is 22.7 Å². The highest BCUT2D eigenvalue weighted by molar-refractivity contribution is 9.10. The van der Waals surface area contributed by atoms with E-state index in [9.17, 15) is 0 Å². The van der Waals surface area contributed by atoms with E-state index in [0.29, 0.717) is 0 Å². The van der Waals surface area contributed by atoms with Crippen molar-refractivity contribution in [1.82, 2.24) is 15.5 Å². The van der Waals surface area contributed by atoms with E-state index in [1.54, 1.807) is 7.11 Å². The first kappa shape index (κ1) is 13.1. The number of H-pyrrole nitrogens is 1. The topological polar surface area (TPSA) is 49.9 Å². The van der Waals surface area contributed by atoms with E-state index in [2.05, 4.69) is 38.4 Å². The van der Waals surface area contributed by atoms with Crippen molar-refractivity contribution in [3.63, 3.8) is 0 Å². The second-order valence-corrected chi connectivity index (χ2v) is 4.91. The van der Waals surface area contributed by atoms with Crippen molar-refractivity contribution in [2.45, 2.75) is 13.5 Å². The molecule has 4 nitrogen and oxygen atoms in total. The predicted molar refractivity (Wildman–Crippen MR) is 75.8 cm³/mol.